The Labute approximate surface area is 105 Å². The van der Waals surface area contributed by atoms with Gasteiger partial charge in [0.25, 0.3) is 0 Å². The highest BCUT2D eigenvalue weighted by Gasteiger charge is 2.25. The summed E-state index contributed by atoms with van der Waals surface area (Å²) in [5, 5.41) is 27.3. The molecule has 0 aliphatic carbocycles. The fourth-order valence-electron chi connectivity index (χ4n) is 1.61. The van der Waals surface area contributed by atoms with E-state index < -0.39 is 30.4 Å². The molecule has 2 aromatic rings. The Morgan fingerprint density at radius 3 is 2.79 bits per heavy atom. The summed E-state index contributed by atoms with van der Waals surface area (Å²) >= 11 is 0. The molecule has 10 nitrogen and oxygen atoms in total. The van der Waals surface area contributed by atoms with E-state index in [1.165, 1.54) is 0 Å². The Morgan fingerprint density at radius 2 is 2.16 bits per heavy atom. The van der Waals surface area contributed by atoms with E-state index >= 15 is 0 Å². The third-order valence-electron chi connectivity index (χ3n) is 2.58. The van der Waals surface area contributed by atoms with Crippen LogP contribution in [0.4, 0.5) is 5.82 Å². The van der Waals surface area contributed by atoms with Crippen LogP contribution in [0.2, 0.25) is 0 Å². The van der Waals surface area contributed by atoms with Crippen molar-refractivity contribution in [3.05, 3.63) is 16.8 Å². The highest BCUT2D eigenvalue weighted by atomic mass is 16.4. The number of anilines is 1. The van der Waals surface area contributed by atoms with Gasteiger partial charge in [-0.25, -0.2) is 19.6 Å². The number of H-pyrrole nitrogens is 1. The molecule has 6 N–H and O–H groups in total. The van der Waals surface area contributed by atoms with Crippen molar-refractivity contribution in [3.8, 4) is 0 Å². The minimum atomic E-state index is -2.00. The maximum atomic E-state index is 11.7. The molecule has 2 heterocycles. The third kappa shape index (κ3) is 2.26. The Hall–Kier alpha value is -2.46. The third-order valence-corrected chi connectivity index (χ3v) is 2.58. The van der Waals surface area contributed by atoms with E-state index in [1.54, 1.807) is 0 Å². The van der Waals surface area contributed by atoms with Gasteiger partial charge in [0.05, 0.1) is 6.54 Å². The van der Waals surface area contributed by atoms with Crippen LogP contribution in [0.3, 0.4) is 0 Å². The SMILES string of the molecule is Nc1ncnc2c1[nH]c(=O)n2C[C@@H](O)[C@@H](O)C(=O)O. The van der Waals surface area contributed by atoms with Crippen LogP contribution in [0.5, 0.6) is 0 Å². The van der Waals surface area contributed by atoms with Crippen molar-refractivity contribution in [2.24, 2.45) is 0 Å². The Bertz CT molecular complexity index is 677. The quantitative estimate of drug-likeness (QED) is 0.406. The number of carbonyl (C=O) groups is 1. The number of carboxylic acid groups (broad SMARTS) is 1. The minimum Gasteiger partial charge on any atom is -0.479 e. The number of nitrogen functional groups attached to an aromatic ring is 1. The zero-order valence-electron chi connectivity index (χ0n) is 9.52. The van der Waals surface area contributed by atoms with Gasteiger partial charge in [0.15, 0.2) is 17.6 Å². The largest absolute Gasteiger partial charge is 0.479 e. The molecule has 0 saturated heterocycles. The summed E-state index contributed by atoms with van der Waals surface area (Å²) in [6.45, 7) is -0.442. The minimum absolute atomic E-state index is 0.0501. The normalized spacial score (nSPS) is 14.4. The molecule has 102 valence electrons. The molecule has 0 unspecified atom stereocenters. The average molecular weight is 269 g/mol. The predicted molar refractivity (Wildman–Crippen MR) is 62.2 cm³/mol. The Morgan fingerprint density at radius 1 is 1.47 bits per heavy atom. The van der Waals surface area contributed by atoms with E-state index in [1.807, 2.05) is 0 Å². The van der Waals surface area contributed by atoms with Gasteiger partial charge < -0.3 is 26.0 Å². The first-order valence-corrected chi connectivity index (χ1v) is 5.19. The summed E-state index contributed by atoms with van der Waals surface area (Å²) in [5.74, 6) is -1.54. The number of aliphatic hydroxyl groups excluding tert-OH is 2. The molecule has 0 saturated carbocycles. The van der Waals surface area contributed by atoms with Crippen LogP contribution in [0.1, 0.15) is 0 Å². The number of carboxylic acids is 1. The smallest absolute Gasteiger partial charge is 0.335 e. The van der Waals surface area contributed by atoms with Crippen molar-refractivity contribution in [2.45, 2.75) is 18.8 Å². The number of aliphatic carboxylic acids is 1. The number of aromatic amines is 1. The molecule has 0 aromatic carbocycles. The lowest BCUT2D eigenvalue weighted by Crippen LogP contribution is -2.38. The molecule has 0 aliphatic heterocycles. The zero-order chi connectivity index (χ0) is 14.2. The molecule has 0 spiro atoms. The fourth-order valence-corrected chi connectivity index (χ4v) is 1.61. The van der Waals surface area contributed by atoms with Crippen LogP contribution in [0.25, 0.3) is 11.2 Å². The van der Waals surface area contributed by atoms with Crippen LogP contribution in [0.15, 0.2) is 11.1 Å². The van der Waals surface area contributed by atoms with E-state index in [0.717, 1.165) is 10.9 Å². The lowest BCUT2D eigenvalue weighted by atomic mass is 10.2. The first-order valence-electron chi connectivity index (χ1n) is 5.19. The van der Waals surface area contributed by atoms with E-state index in [-0.39, 0.29) is 17.0 Å². The van der Waals surface area contributed by atoms with E-state index in [9.17, 15) is 19.8 Å². The number of fused-ring (bicyclic) bond motifs is 1. The van der Waals surface area contributed by atoms with Gasteiger partial charge in [0, 0.05) is 0 Å². The van der Waals surface area contributed by atoms with Crippen LogP contribution in [-0.2, 0) is 11.3 Å². The first-order chi connectivity index (χ1) is 8.91. The van der Waals surface area contributed by atoms with E-state index in [2.05, 4.69) is 15.0 Å². The van der Waals surface area contributed by atoms with E-state index in [4.69, 9.17) is 10.8 Å². The van der Waals surface area contributed by atoms with Gasteiger partial charge in [-0.05, 0) is 0 Å². The molecule has 19 heavy (non-hydrogen) atoms. The van der Waals surface area contributed by atoms with Crippen LogP contribution < -0.4 is 11.4 Å². The van der Waals surface area contributed by atoms with Gasteiger partial charge in [0.2, 0.25) is 0 Å². The Kier molecular flexibility index (Phi) is 3.19. The van der Waals surface area contributed by atoms with Gasteiger partial charge in [-0.15, -0.1) is 0 Å². The second-order valence-electron chi connectivity index (χ2n) is 3.85. The van der Waals surface area contributed by atoms with Crippen LogP contribution >= 0.6 is 0 Å². The number of nitrogens with one attached hydrogen (secondary N) is 1. The number of hydrogen-bond donors (Lipinski definition) is 5. The summed E-state index contributed by atoms with van der Waals surface area (Å²) in [6, 6.07) is 0. The molecule has 0 radical (unpaired) electrons. The number of hydrogen-bond acceptors (Lipinski definition) is 7. The molecule has 0 aliphatic rings. The zero-order valence-corrected chi connectivity index (χ0v) is 9.52. The molecular weight excluding hydrogens is 258 g/mol. The maximum absolute atomic E-state index is 11.7. The maximum Gasteiger partial charge on any atom is 0.335 e. The lowest BCUT2D eigenvalue weighted by Gasteiger charge is -2.13. The molecule has 10 heteroatoms. The van der Waals surface area contributed by atoms with Gasteiger partial charge in [-0.2, -0.15) is 0 Å². The van der Waals surface area contributed by atoms with Gasteiger partial charge >= 0.3 is 11.7 Å². The summed E-state index contributed by atoms with van der Waals surface area (Å²) < 4.78 is 0.976. The number of aromatic nitrogens is 4. The van der Waals surface area contributed by atoms with Crippen LogP contribution in [-0.4, -0.2) is 53.0 Å². The molecule has 2 rings (SSSR count). The van der Waals surface area contributed by atoms with Crippen molar-refractivity contribution in [1.29, 1.82) is 0 Å². The van der Waals surface area contributed by atoms with Crippen molar-refractivity contribution >= 4 is 23.0 Å². The lowest BCUT2D eigenvalue weighted by molar-refractivity contribution is -0.153. The predicted octanol–water partition coefficient (Wildman–Crippen LogP) is -2.49. The molecule has 2 atom stereocenters. The summed E-state index contributed by atoms with van der Waals surface area (Å²) in [5.41, 5.74) is 5.20. The Balaban J connectivity index is 2.41. The van der Waals surface area contributed by atoms with Crippen molar-refractivity contribution < 1.29 is 20.1 Å². The second kappa shape index (κ2) is 4.66. The summed E-state index contributed by atoms with van der Waals surface area (Å²) in [4.78, 5) is 32.1. The molecular formula is C9H11N5O5. The number of aliphatic hydroxyl groups is 2. The van der Waals surface area contributed by atoms with Gasteiger partial charge in [-0.1, -0.05) is 0 Å². The average Bonchev–Trinajstić information content (AvgIpc) is 2.67. The monoisotopic (exact) mass is 269 g/mol. The molecule has 0 amide bonds. The number of rotatable bonds is 4. The van der Waals surface area contributed by atoms with Crippen LogP contribution in [0, 0.1) is 0 Å². The molecule has 0 fully saturated rings. The standard InChI is InChI=1S/C9H11N5O5/c10-6-4-7(12-2-11-6)14(9(19)13-4)1-3(15)5(16)8(17)18/h2-3,5,15-16H,1H2,(H,13,19)(H,17,18)(H2,10,11,12)/t3-,5-/m1/s1. The first kappa shape index (κ1) is 13.0. The number of nitrogens with zero attached hydrogens (tertiary/aromatic N) is 3. The fraction of sp³-hybridized carbons (Fsp3) is 0.333. The second-order valence-corrected chi connectivity index (χ2v) is 3.85. The van der Waals surface area contributed by atoms with E-state index in [0.29, 0.717) is 0 Å². The number of imidazole rings is 1. The highest BCUT2D eigenvalue weighted by molar-refractivity contribution is 5.81. The van der Waals surface area contributed by atoms with Crippen molar-refractivity contribution in [1.82, 2.24) is 19.5 Å². The summed E-state index contributed by atoms with van der Waals surface area (Å²) in [6.07, 6.45) is -2.54. The highest BCUT2D eigenvalue weighted by Crippen LogP contribution is 2.12. The van der Waals surface area contributed by atoms with Crippen molar-refractivity contribution in [3.63, 3.8) is 0 Å². The van der Waals surface area contributed by atoms with Gasteiger partial charge in [-0.3, -0.25) is 4.57 Å². The number of nitrogens with two attached hydrogens (primary N) is 1. The molecule has 2 aromatic heterocycles. The van der Waals surface area contributed by atoms with Crippen molar-refractivity contribution in [2.75, 3.05) is 5.73 Å². The molecule has 0 bridgehead atoms. The topological polar surface area (TPSA) is 167 Å². The van der Waals surface area contributed by atoms with Gasteiger partial charge in [0.1, 0.15) is 17.9 Å². The summed E-state index contributed by atoms with van der Waals surface area (Å²) in [7, 11) is 0.